The molecule has 0 bridgehead atoms. The Morgan fingerprint density at radius 2 is 1.97 bits per heavy atom. The summed E-state index contributed by atoms with van der Waals surface area (Å²) in [6.07, 6.45) is 2.93. The fourth-order valence-corrected chi connectivity index (χ4v) is 4.49. The lowest BCUT2D eigenvalue weighted by atomic mass is 10.1. The highest BCUT2D eigenvalue weighted by molar-refractivity contribution is 7.99. The lowest BCUT2D eigenvalue weighted by Crippen LogP contribution is -2.15. The van der Waals surface area contributed by atoms with Crippen LogP contribution in [0.4, 0.5) is 5.69 Å². The monoisotopic (exact) mass is 418 g/mol. The van der Waals surface area contributed by atoms with Gasteiger partial charge in [-0.1, -0.05) is 60.3 Å². The van der Waals surface area contributed by atoms with Crippen LogP contribution in [-0.2, 0) is 11.3 Å². The molecule has 154 valence electrons. The van der Waals surface area contributed by atoms with Crippen molar-refractivity contribution in [1.29, 1.82) is 0 Å². The van der Waals surface area contributed by atoms with Gasteiger partial charge in [0.1, 0.15) is 5.82 Å². The van der Waals surface area contributed by atoms with E-state index < -0.39 is 0 Å². The highest BCUT2D eigenvalue weighted by Gasteiger charge is 2.43. The van der Waals surface area contributed by atoms with Crippen molar-refractivity contribution in [3.63, 3.8) is 0 Å². The Labute approximate surface area is 181 Å². The summed E-state index contributed by atoms with van der Waals surface area (Å²) in [5.41, 5.74) is 4.46. The number of rotatable bonds is 8. The maximum atomic E-state index is 12.5. The first kappa shape index (κ1) is 20.4. The lowest BCUT2D eigenvalue weighted by Gasteiger charge is -2.11. The molecule has 6 heteroatoms. The summed E-state index contributed by atoms with van der Waals surface area (Å²) in [5, 5.41) is 12.6. The van der Waals surface area contributed by atoms with E-state index in [4.69, 9.17) is 0 Å². The first-order valence-electron chi connectivity index (χ1n) is 10.2. The van der Waals surface area contributed by atoms with Crippen LogP contribution in [0.15, 0.2) is 66.3 Å². The van der Waals surface area contributed by atoms with Crippen molar-refractivity contribution in [1.82, 2.24) is 14.8 Å². The molecular formula is C24H26N4OS. The van der Waals surface area contributed by atoms with E-state index in [1.165, 1.54) is 17.3 Å². The van der Waals surface area contributed by atoms with Crippen LogP contribution in [0.2, 0.25) is 0 Å². The molecule has 30 heavy (non-hydrogen) atoms. The van der Waals surface area contributed by atoms with Crippen molar-refractivity contribution < 1.29 is 4.79 Å². The Hall–Kier alpha value is -2.86. The fourth-order valence-electron chi connectivity index (χ4n) is 3.73. The van der Waals surface area contributed by atoms with E-state index in [0.717, 1.165) is 34.2 Å². The number of benzene rings is 2. The number of anilines is 1. The molecule has 3 aromatic rings. The Morgan fingerprint density at radius 3 is 2.73 bits per heavy atom. The largest absolute Gasteiger partial charge is 0.325 e. The molecule has 0 radical (unpaired) electrons. The standard InChI is InChI=1S/C24H26N4OS/c1-4-13-28-23(20-14-19(20)18-10-6-5-7-11-18)26-27-24(28)30-15-22(29)25-21-12-8-9-16(2)17(21)3/h4-12,19-20H,1,13-15H2,2-3H3,(H,25,29). The van der Waals surface area contributed by atoms with Gasteiger partial charge in [-0.25, -0.2) is 0 Å². The molecule has 1 aliphatic carbocycles. The maximum absolute atomic E-state index is 12.5. The Morgan fingerprint density at radius 1 is 1.17 bits per heavy atom. The quantitative estimate of drug-likeness (QED) is 0.409. The number of thioether (sulfide) groups is 1. The normalized spacial score (nSPS) is 17.5. The van der Waals surface area contributed by atoms with Crippen molar-refractivity contribution in [3.05, 3.63) is 83.7 Å². The topological polar surface area (TPSA) is 59.8 Å². The van der Waals surface area contributed by atoms with Crippen molar-refractivity contribution in [2.45, 2.75) is 43.8 Å². The Kier molecular flexibility index (Phi) is 6.04. The van der Waals surface area contributed by atoms with Crippen LogP contribution in [0.3, 0.4) is 0 Å². The minimum Gasteiger partial charge on any atom is -0.325 e. The zero-order valence-corrected chi connectivity index (χ0v) is 18.2. The number of carbonyl (C=O) groups is 1. The predicted molar refractivity (Wildman–Crippen MR) is 122 cm³/mol. The molecule has 0 spiro atoms. The van der Waals surface area contributed by atoms with Crippen LogP contribution in [0, 0.1) is 13.8 Å². The van der Waals surface area contributed by atoms with Crippen LogP contribution in [0.1, 0.15) is 40.8 Å². The van der Waals surface area contributed by atoms with Gasteiger partial charge in [0, 0.05) is 18.2 Å². The van der Waals surface area contributed by atoms with Crippen molar-refractivity contribution >= 4 is 23.4 Å². The molecule has 1 saturated carbocycles. The number of hydrogen-bond acceptors (Lipinski definition) is 4. The molecule has 0 aliphatic heterocycles. The summed E-state index contributed by atoms with van der Waals surface area (Å²) in [5.74, 6) is 2.09. The highest BCUT2D eigenvalue weighted by Crippen LogP contribution is 2.54. The van der Waals surface area contributed by atoms with Crippen molar-refractivity contribution in [2.75, 3.05) is 11.1 Å². The molecule has 5 nitrogen and oxygen atoms in total. The second kappa shape index (κ2) is 8.88. The Balaban J connectivity index is 1.43. The van der Waals surface area contributed by atoms with Crippen molar-refractivity contribution in [2.24, 2.45) is 0 Å². The number of nitrogens with one attached hydrogen (secondary N) is 1. The number of amides is 1. The molecule has 0 saturated heterocycles. The number of nitrogens with zero attached hydrogens (tertiary/aromatic N) is 3. The zero-order chi connectivity index (χ0) is 21.1. The minimum atomic E-state index is -0.0445. The van der Waals surface area contributed by atoms with E-state index in [2.05, 4.69) is 50.9 Å². The molecule has 1 amide bonds. The van der Waals surface area contributed by atoms with Crippen LogP contribution >= 0.6 is 11.8 Å². The smallest absolute Gasteiger partial charge is 0.234 e. The van der Waals surface area contributed by atoms with Crippen LogP contribution in [0.5, 0.6) is 0 Å². The summed E-state index contributed by atoms with van der Waals surface area (Å²) in [6.45, 7) is 8.58. The van der Waals surface area contributed by atoms with E-state index in [1.807, 2.05) is 44.2 Å². The van der Waals surface area contributed by atoms with Gasteiger partial charge in [0.25, 0.3) is 0 Å². The lowest BCUT2D eigenvalue weighted by molar-refractivity contribution is -0.113. The summed E-state index contributed by atoms with van der Waals surface area (Å²) in [4.78, 5) is 12.5. The third-order valence-corrected chi connectivity index (χ3v) is 6.58. The molecule has 1 heterocycles. The molecule has 1 fully saturated rings. The molecule has 1 N–H and O–H groups in total. The molecule has 2 unspecified atom stereocenters. The van der Waals surface area contributed by atoms with Gasteiger partial charge in [0.15, 0.2) is 5.16 Å². The number of hydrogen-bond donors (Lipinski definition) is 1. The third-order valence-electron chi connectivity index (χ3n) is 5.62. The average molecular weight is 419 g/mol. The second-order valence-corrected chi connectivity index (χ2v) is 8.63. The van der Waals surface area contributed by atoms with E-state index in [1.54, 1.807) is 0 Å². The van der Waals surface area contributed by atoms with Crippen LogP contribution in [-0.4, -0.2) is 26.4 Å². The molecule has 1 aromatic heterocycles. The number of carbonyl (C=O) groups excluding carboxylic acids is 1. The van der Waals surface area contributed by atoms with E-state index in [9.17, 15) is 4.79 Å². The minimum absolute atomic E-state index is 0.0445. The first-order valence-corrected chi connectivity index (χ1v) is 11.1. The average Bonchev–Trinajstić information content (AvgIpc) is 3.45. The van der Waals surface area contributed by atoms with E-state index >= 15 is 0 Å². The summed E-state index contributed by atoms with van der Waals surface area (Å²) < 4.78 is 2.09. The molecule has 2 atom stereocenters. The first-order chi connectivity index (χ1) is 14.6. The van der Waals surface area contributed by atoms with Crippen LogP contribution in [0.25, 0.3) is 0 Å². The van der Waals surface area contributed by atoms with Gasteiger partial charge in [0.2, 0.25) is 5.91 Å². The highest BCUT2D eigenvalue weighted by atomic mass is 32.2. The van der Waals surface area contributed by atoms with Gasteiger partial charge < -0.3 is 9.88 Å². The summed E-state index contributed by atoms with van der Waals surface area (Å²) in [7, 11) is 0. The van der Waals surface area contributed by atoms with Gasteiger partial charge in [-0.3, -0.25) is 4.79 Å². The molecular weight excluding hydrogens is 392 g/mol. The zero-order valence-electron chi connectivity index (χ0n) is 17.3. The molecule has 1 aliphatic rings. The van der Waals surface area contributed by atoms with Gasteiger partial charge in [-0.2, -0.15) is 0 Å². The Bertz CT molecular complexity index is 1060. The van der Waals surface area contributed by atoms with E-state index in [0.29, 0.717) is 18.4 Å². The van der Waals surface area contributed by atoms with Crippen molar-refractivity contribution in [3.8, 4) is 0 Å². The predicted octanol–water partition coefficient (Wildman–Crippen LogP) is 5.08. The molecule has 2 aromatic carbocycles. The second-order valence-electron chi connectivity index (χ2n) is 7.68. The van der Waals surface area contributed by atoms with Gasteiger partial charge in [-0.05, 0) is 48.9 Å². The maximum Gasteiger partial charge on any atom is 0.234 e. The van der Waals surface area contributed by atoms with Gasteiger partial charge in [0.05, 0.1) is 5.75 Å². The molecule has 4 rings (SSSR count). The number of aromatic nitrogens is 3. The summed E-state index contributed by atoms with van der Waals surface area (Å²) in [6, 6.07) is 16.5. The van der Waals surface area contributed by atoms with Crippen LogP contribution < -0.4 is 5.32 Å². The summed E-state index contributed by atoms with van der Waals surface area (Å²) >= 11 is 1.42. The van der Waals surface area contributed by atoms with E-state index in [-0.39, 0.29) is 11.7 Å². The number of aryl methyl sites for hydroxylation is 1. The SMILES string of the molecule is C=CCn1c(SCC(=O)Nc2cccc(C)c2C)nnc1C1CC1c1ccccc1. The fraction of sp³-hybridized carbons (Fsp3) is 0.292. The van der Waals surface area contributed by atoms with Gasteiger partial charge >= 0.3 is 0 Å². The number of allylic oxidation sites excluding steroid dienone is 1. The van der Waals surface area contributed by atoms with Gasteiger partial charge in [-0.15, -0.1) is 16.8 Å². The third kappa shape index (κ3) is 4.33.